The van der Waals surface area contributed by atoms with Crippen LogP contribution < -0.4 is 14.4 Å². The van der Waals surface area contributed by atoms with E-state index in [0.29, 0.717) is 36.9 Å². The summed E-state index contributed by atoms with van der Waals surface area (Å²) in [5.41, 5.74) is 3.05. The number of oxazole rings is 1. The molecule has 6 heteroatoms. The SMILES string of the molecule is O=Cc1ccc2nc(N3CC(Oc4cccc(OCc5ccccc5)c4)C3)oc2c1. The largest absolute Gasteiger partial charge is 0.489 e. The third-order valence-corrected chi connectivity index (χ3v) is 5.01. The Morgan fingerprint density at radius 1 is 1.00 bits per heavy atom. The summed E-state index contributed by atoms with van der Waals surface area (Å²) in [7, 11) is 0. The van der Waals surface area contributed by atoms with E-state index in [9.17, 15) is 4.79 Å². The first-order chi connectivity index (χ1) is 14.8. The fourth-order valence-corrected chi connectivity index (χ4v) is 3.38. The van der Waals surface area contributed by atoms with Crippen molar-refractivity contribution < 1.29 is 18.7 Å². The molecule has 30 heavy (non-hydrogen) atoms. The third-order valence-electron chi connectivity index (χ3n) is 5.01. The van der Waals surface area contributed by atoms with Crippen molar-refractivity contribution >= 4 is 23.4 Å². The second-order valence-corrected chi connectivity index (χ2v) is 7.24. The first-order valence-corrected chi connectivity index (χ1v) is 9.81. The summed E-state index contributed by atoms with van der Waals surface area (Å²) < 4.78 is 17.7. The van der Waals surface area contributed by atoms with Crippen LogP contribution in [0.3, 0.4) is 0 Å². The quantitative estimate of drug-likeness (QED) is 0.426. The minimum atomic E-state index is 0.0509. The molecule has 1 aromatic heterocycles. The number of carbonyl (C=O) groups is 1. The van der Waals surface area contributed by atoms with E-state index in [-0.39, 0.29) is 6.10 Å². The number of hydrogen-bond donors (Lipinski definition) is 0. The van der Waals surface area contributed by atoms with Crippen molar-refractivity contribution in [1.82, 2.24) is 4.98 Å². The molecule has 3 aromatic carbocycles. The highest BCUT2D eigenvalue weighted by atomic mass is 16.5. The van der Waals surface area contributed by atoms with Crippen LogP contribution in [0, 0.1) is 0 Å². The summed E-state index contributed by atoms with van der Waals surface area (Å²) in [5.74, 6) is 1.55. The van der Waals surface area contributed by atoms with Crippen molar-refractivity contribution in [2.45, 2.75) is 12.7 Å². The van der Waals surface area contributed by atoms with Crippen molar-refractivity contribution in [3.8, 4) is 11.5 Å². The number of benzene rings is 3. The minimum Gasteiger partial charge on any atom is -0.489 e. The molecule has 0 atom stereocenters. The molecule has 0 amide bonds. The van der Waals surface area contributed by atoms with Crippen LogP contribution in [-0.4, -0.2) is 30.5 Å². The molecule has 1 aliphatic rings. The number of fused-ring (bicyclic) bond motifs is 1. The van der Waals surface area contributed by atoms with Crippen LogP contribution in [0.2, 0.25) is 0 Å². The van der Waals surface area contributed by atoms with Gasteiger partial charge in [-0.3, -0.25) is 4.79 Å². The van der Waals surface area contributed by atoms with Crippen molar-refractivity contribution in [2.75, 3.05) is 18.0 Å². The van der Waals surface area contributed by atoms with Gasteiger partial charge in [0.25, 0.3) is 6.01 Å². The number of ether oxygens (including phenoxy) is 2. The van der Waals surface area contributed by atoms with Crippen molar-refractivity contribution in [2.24, 2.45) is 0 Å². The van der Waals surface area contributed by atoms with Crippen LogP contribution in [0.1, 0.15) is 15.9 Å². The number of aldehydes is 1. The second kappa shape index (κ2) is 7.91. The molecule has 0 aliphatic carbocycles. The molecule has 0 spiro atoms. The monoisotopic (exact) mass is 400 g/mol. The summed E-state index contributed by atoms with van der Waals surface area (Å²) in [6.07, 6.45) is 0.849. The Balaban J connectivity index is 1.18. The zero-order valence-electron chi connectivity index (χ0n) is 16.2. The molecule has 4 aromatic rings. The fourth-order valence-electron chi connectivity index (χ4n) is 3.38. The van der Waals surface area contributed by atoms with Gasteiger partial charge in [0.05, 0.1) is 13.1 Å². The molecule has 0 radical (unpaired) electrons. The van der Waals surface area contributed by atoms with Gasteiger partial charge in [-0.25, -0.2) is 0 Å². The molecule has 0 N–H and O–H groups in total. The summed E-state index contributed by atoms with van der Waals surface area (Å²) in [6.45, 7) is 1.88. The lowest BCUT2D eigenvalue weighted by molar-refractivity contribution is 0.112. The molecule has 1 fully saturated rings. The maximum absolute atomic E-state index is 10.9. The Morgan fingerprint density at radius 2 is 1.83 bits per heavy atom. The van der Waals surface area contributed by atoms with Gasteiger partial charge in [-0.1, -0.05) is 36.4 Å². The summed E-state index contributed by atoms with van der Waals surface area (Å²) in [6, 6.07) is 23.5. The Labute approximate surface area is 173 Å². The predicted octanol–water partition coefficient (Wildman–Crippen LogP) is 4.49. The van der Waals surface area contributed by atoms with E-state index in [1.807, 2.05) is 59.5 Å². The molecule has 150 valence electrons. The van der Waals surface area contributed by atoms with Crippen LogP contribution in [0.25, 0.3) is 11.1 Å². The molecule has 1 aliphatic heterocycles. The Hall–Kier alpha value is -3.80. The second-order valence-electron chi connectivity index (χ2n) is 7.24. The fraction of sp³-hybridized carbons (Fsp3) is 0.167. The topological polar surface area (TPSA) is 64.8 Å². The van der Waals surface area contributed by atoms with Gasteiger partial charge in [0.1, 0.15) is 36.0 Å². The normalized spacial score (nSPS) is 13.8. The Morgan fingerprint density at radius 3 is 2.67 bits per heavy atom. The van der Waals surface area contributed by atoms with E-state index in [4.69, 9.17) is 13.9 Å². The minimum absolute atomic E-state index is 0.0509. The predicted molar refractivity (Wildman–Crippen MR) is 113 cm³/mol. The third kappa shape index (κ3) is 3.85. The molecule has 5 rings (SSSR count). The van der Waals surface area contributed by atoms with Crippen LogP contribution in [0.5, 0.6) is 11.5 Å². The maximum Gasteiger partial charge on any atom is 0.298 e. The lowest BCUT2D eigenvalue weighted by Crippen LogP contribution is -2.54. The van der Waals surface area contributed by atoms with E-state index in [1.165, 1.54) is 0 Å². The number of aromatic nitrogens is 1. The summed E-state index contributed by atoms with van der Waals surface area (Å²) >= 11 is 0. The number of nitrogens with zero attached hydrogens (tertiary/aromatic N) is 2. The van der Waals surface area contributed by atoms with Gasteiger partial charge in [0.2, 0.25) is 0 Å². The number of rotatable bonds is 7. The molecule has 1 saturated heterocycles. The van der Waals surface area contributed by atoms with Gasteiger partial charge in [0, 0.05) is 11.6 Å². The highest BCUT2D eigenvalue weighted by molar-refractivity contribution is 5.84. The number of anilines is 1. The lowest BCUT2D eigenvalue weighted by Gasteiger charge is -2.37. The molecule has 6 nitrogen and oxygen atoms in total. The first-order valence-electron chi connectivity index (χ1n) is 9.81. The van der Waals surface area contributed by atoms with Gasteiger partial charge < -0.3 is 18.8 Å². The molecule has 2 heterocycles. The van der Waals surface area contributed by atoms with Crippen LogP contribution >= 0.6 is 0 Å². The van der Waals surface area contributed by atoms with Gasteiger partial charge in [-0.2, -0.15) is 4.98 Å². The van der Waals surface area contributed by atoms with Crippen LogP contribution in [-0.2, 0) is 6.61 Å². The van der Waals surface area contributed by atoms with E-state index in [0.717, 1.165) is 28.9 Å². The first kappa shape index (κ1) is 18.2. The highest BCUT2D eigenvalue weighted by Crippen LogP contribution is 2.28. The average molecular weight is 400 g/mol. The summed E-state index contributed by atoms with van der Waals surface area (Å²) in [5, 5.41) is 0. The lowest BCUT2D eigenvalue weighted by atomic mass is 10.2. The van der Waals surface area contributed by atoms with Crippen LogP contribution in [0.4, 0.5) is 6.01 Å². The van der Waals surface area contributed by atoms with Gasteiger partial charge in [0.15, 0.2) is 5.58 Å². The summed E-state index contributed by atoms with van der Waals surface area (Å²) in [4.78, 5) is 17.4. The molecule has 0 bridgehead atoms. The van der Waals surface area contributed by atoms with Gasteiger partial charge >= 0.3 is 0 Å². The van der Waals surface area contributed by atoms with E-state index < -0.39 is 0 Å². The average Bonchev–Trinajstić information content (AvgIpc) is 3.18. The van der Waals surface area contributed by atoms with Crippen molar-refractivity contribution in [1.29, 1.82) is 0 Å². The van der Waals surface area contributed by atoms with Gasteiger partial charge in [-0.15, -0.1) is 0 Å². The molecular weight excluding hydrogens is 380 g/mol. The van der Waals surface area contributed by atoms with Gasteiger partial charge in [-0.05, 0) is 35.9 Å². The standard InChI is InChI=1S/C24H20N2O4/c27-15-18-9-10-22-23(11-18)30-24(25-22)26-13-21(14-26)29-20-8-4-7-19(12-20)28-16-17-5-2-1-3-6-17/h1-12,15,21H,13-14,16H2. The Kier molecular flexibility index (Phi) is 4.81. The zero-order chi connectivity index (χ0) is 20.3. The number of carbonyl (C=O) groups excluding carboxylic acids is 1. The number of hydrogen-bond acceptors (Lipinski definition) is 6. The van der Waals surface area contributed by atoms with Crippen molar-refractivity contribution in [3.63, 3.8) is 0 Å². The van der Waals surface area contributed by atoms with E-state index in [2.05, 4.69) is 4.98 Å². The Bertz CT molecular complexity index is 1170. The zero-order valence-corrected chi connectivity index (χ0v) is 16.2. The molecular formula is C24H20N2O4. The maximum atomic E-state index is 10.9. The smallest absolute Gasteiger partial charge is 0.298 e. The highest BCUT2D eigenvalue weighted by Gasteiger charge is 2.32. The van der Waals surface area contributed by atoms with E-state index >= 15 is 0 Å². The van der Waals surface area contributed by atoms with Crippen LogP contribution in [0.15, 0.2) is 77.2 Å². The van der Waals surface area contributed by atoms with Crippen molar-refractivity contribution in [3.05, 3.63) is 83.9 Å². The molecule has 0 unspecified atom stereocenters. The molecule has 0 saturated carbocycles. The van der Waals surface area contributed by atoms with E-state index in [1.54, 1.807) is 18.2 Å².